The number of rotatable bonds is 3. The number of anilines is 1. The van der Waals surface area contributed by atoms with E-state index in [9.17, 15) is 9.59 Å². The van der Waals surface area contributed by atoms with Crippen LogP contribution in [-0.4, -0.2) is 26.0 Å². The molecule has 3 rings (SSSR count). The zero-order valence-corrected chi connectivity index (χ0v) is 13.5. The molecule has 0 N–H and O–H groups in total. The van der Waals surface area contributed by atoms with E-state index in [2.05, 4.69) is 4.74 Å². The Morgan fingerprint density at radius 2 is 1.46 bits per heavy atom. The average Bonchev–Trinajstić information content (AvgIpc) is 2.66. The molecule has 0 aliphatic carbocycles. The van der Waals surface area contributed by atoms with Gasteiger partial charge in [0.15, 0.2) is 0 Å². The van der Waals surface area contributed by atoms with Crippen molar-refractivity contribution >= 4 is 28.3 Å². The van der Waals surface area contributed by atoms with E-state index in [1.165, 1.54) is 7.11 Å². The van der Waals surface area contributed by atoms with Crippen LogP contribution in [0.4, 0.5) is 5.69 Å². The Morgan fingerprint density at radius 3 is 2.12 bits per heavy atom. The van der Waals surface area contributed by atoms with E-state index in [-0.39, 0.29) is 5.91 Å². The molecule has 4 nitrogen and oxygen atoms in total. The van der Waals surface area contributed by atoms with E-state index in [1.807, 2.05) is 42.5 Å². The summed E-state index contributed by atoms with van der Waals surface area (Å²) in [5.41, 5.74) is 1.75. The number of methoxy groups -OCH3 is 1. The maximum Gasteiger partial charge on any atom is 0.337 e. The number of esters is 1. The van der Waals surface area contributed by atoms with Crippen LogP contribution < -0.4 is 4.90 Å². The van der Waals surface area contributed by atoms with Crippen molar-refractivity contribution in [3.05, 3.63) is 77.9 Å². The van der Waals surface area contributed by atoms with Gasteiger partial charge in [-0.15, -0.1) is 0 Å². The van der Waals surface area contributed by atoms with E-state index < -0.39 is 5.97 Å². The van der Waals surface area contributed by atoms with Gasteiger partial charge in [-0.2, -0.15) is 0 Å². The molecular formula is C20H17NO3. The molecule has 0 fully saturated rings. The second kappa shape index (κ2) is 6.54. The number of ether oxygens (including phenoxy) is 1. The summed E-state index contributed by atoms with van der Waals surface area (Å²) < 4.78 is 4.66. The van der Waals surface area contributed by atoms with Crippen molar-refractivity contribution < 1.29 is 14.3 Å². The summed E-state index contributed by atoms with van der Waals surface area (Å²) in [6, 6.07) is 20.3. The second-order valence-electron chi connectivity index (χ2n) is 5.46. The fourth-order valence-corrected chi connectivity index (χ4v) is 2.56. The molecule has 0 aliphatic rings. The van der Waals surface area contributed by atoms with Gasteiger partial charge in [0.25, 0.3) is 5.91 Å². The van der Waals surface area contributed by atoms with Crippen molar-refractivity contribution in [3.8, 4) is 0 Å². The molecule has 0 unspecified atom stereocenters. The Balaban J connectivity index is 1.86. The third-order valence-electron chi connectivity index (χ3n) is 3.98. The number of fused-ring (bicyclic) bond motifs is 1. The number of hydrogen-bond acceptors (Lipinski definition) is 3. The lowest BCUT2D eigenvalue weighted by Gasteiger charge is -2.18. The molecule has 0 aliphatic heterocycles. The minimum absolute atomic E-state index is 0.137. The van der Waals surface area contributed by atoms with Crippen molar-refractivity contribution in [2.75, 3.05) is 19.1 Å². The van der Waals surface area contributed by atoms with Crippen molar-refractivity contribution in [2.45, 2.75) is 0 Å². The number of carbonyl (C=O) groups excluding carboxylic acids is 2. The number of amides is 1. The number of hydrogen-bond donors (Lipinski definition) is 0. The molecule has 3 aromatic rings. The first-order valence-electron chi connectivity index (χ1n) is 7.55. The van der Waals surface area contributed by atoms with Gasteiger partial charge < -0.3 is 9.64 Å². The molecule has 1 amide bonds. The van der Waals surface area contributed by atoms with Gasteiger partial charge in [-0.1, -0.05) is 30.3 Å². The molecule has 3 aromatic carbocycles. The molecule has 0 bridgehead atoms. The van der Waals surface area contributed by atoms with Gasteiger partial charge in [-0.05, 0) is 47.2 Å². The minimum Gasteiger partial charge on any atom is -0.465 e. The van der Waals surface area contributed by atoms with Crippen LogP contribution in [-0.2, 0) is 4.74 Å². The molecular weight excluding hydrogens is 302 g/mol. The van der Waals surface area contributed by atoms with Crippen molar-refractivity contribution in [3.63, 3.8) is 0 Å². The van der Waals surface area contributed by atoms with Gasteiger partial charge in [0.1, 0.15) is 0 Å². The first kappa shape index (κ1) is 15.7. The zero-order valence-electron chi connectivity index (χ0n) is 13.5. The topological polar surface area (TPSA) is 46.6 Å². The van der Waals surface area contributed by atoms with Gasteiger partial charge >= 0.3 is 5.97 Å². The molecule has 4 heteroatoms. The third-order valence-corrected chi connectivity index (χ3v) is 3.98. The first-order chi connectivity index (χ1) is 11.6. The van der Waals surface area contributed by atoms with Gasteiger partial charge in [-0.25, -0.2) is 4.79 Å². The Morgan fingerprint density at radius 1 is 0.833 bits per heavy atom. The first-order valence-corrected chi connectivity index (χ1v) is 7.55. The van der Waals surface area contributed by atoms with Crippen LogP contribution in [0.25, 0.3) is 10.8 Å². The summed E-state index contributed by atoms with van der Waals surface area (Å²) in [4.78, 5) is 25.7. The molecule has 120 valence electrons. The SMILES string of the molecule is COC(=O)c1ccc(C(=O)N(C)c2ccc3ccccc3c2)cc1. The summed E-state index contributed by atoms with van der Waals surface area (Å²) in [6.07, 6.45) is 0. The fourth-order valence-electron chi connectivity index (χ4n) is 2.56. The summed E-state index contributed by atoms with van der Waals surface area (Å²) in [7, 11) is 3.07. The largest absolute Gasteiger partial charge is 0.465 e. The van der Waals surface area contributed by atoms with Gasteiger partial charge in [-0.3, -0.25) is 4.79 Å². The highest BCUT2D eigenvalue weighted by atomic mass is 16.5. The number of nitrogens with zero attached hydrogens (tertiary/aromatic N) is 1. The molecule has 0 aromatic heterocycles. The van der Waals surface area contributed by atoms with Crippen LogP contribution in [0.3, 0.4) is 0 Å². The molecule has 0 heterocycles. The maximum atomic E-state index is 12.6. The number of carbonyl (C=O) groups is 2. The van der Waals surface area contributed by atoms with Gasteiger partial charge in [0.2, 0.25) is 0 Å². The van der Waals surface area contributed by atoms with Crippen molar-refractivity contribution in [1.82, 2.24) is 0 Å². The molecule has 0 saturated carbocycles. The fraction of sp³-hybridized carbons (Fsp3) is 0.100. The molecule has 0 spiro atoms. The highest BCUT2D eigenvalue weighted by Crippen LogP contribution is 2.22. The molecule has 0 atom stereocenters. The predicted molar refractivity (Wildman–Crippen MR) is 94.5 cm³/mol. The van der Waals surface area contributed by atoms with Crippen LogP contribution in [0.5, 0.6) is 0 Å². The molecule has 0 saturated heterocycles. The van der Waals surface area contributed by atoms with Crippen LogP contribution >= 0.6 is 0 Å². The Kier molecular flexibility index (Phi) is 4.29. The van der Waals surface area contributed by atoms with E-state index in [0.717, 1.165) is 16.5 Å². The summed E-state index contributed by atoms with van der Waals surface area (Å²) in [5.74, 6) is -0.557. The van der Waals surface area contributed by atoms with Crippen LogP contribution in [0.1, 0.15) is 20.7 Å². The van der Waals surface area contributed by atoms with Crippen LogP contribution in [0.15, 0.2) is 66.7 Å². The van der Waals surface area contributed by atoms with Gasteiger partial charge in [0, 0.05) is 18.3 Å². The van der Waals surface area contributed by atoms with E-state index in [1.54, 1.807) is 36.2 Å². The predicted octanol–water partition coefficient (Wildman–Crippen LogP) is 3.90. The zero-order chi connectivity index (χ0) is 17.1. The maximum absolute atomic E-state index is 12.6. The highest BCUT2D eigenvalue weighted by Gasteiger charge is 2.15. The van der Waals surface area contributed by atoms with Crippen molar-refractivity contribution in [1.29, 1.82) is 0 Å². The Labute approximate surface area is 140 Å². The summed E-state index contributed by atoms with van der Waals surface area (Å²) >= 11 is 0. The highest BCUT2D eigenvalue weighted by molar-refractivity contribution is 6.07. The smallest absolute Gasteiger partial charge is 0.337 e. The standard InChI is InChI=1S/C20H17NO3/c1-21(18-12-11-14-5-3-4-6-17(14)13-18)19(22)15-7-9-16(10-8-15)20(23)24-2/h3-13H,1-2H3. The van der Waals surface area contributed by atoms with Crippen LogP contribution in [0.2, 0.25) is 0 Å². The van der Waals surface area contributed by atoms with Crippen LogP contribution in [0, 0.1) is 0 Å². The third kappa shape index (κ3) is 2.99. The lowest BCUT2D eigenvalue weighted by Crippen LogP contribution is -2.26. The van der Waals surface area contributed by atoms with E-state index >= 15 is 0 Å². The van der Waals surface area contributed by atoms with E-state index in [4.69, 9.17) is 0 Å². The monoisotopic (exact) mass is 319 g/mol. The molecule has 0 radical (unpaired) electrons. The quantitative estimate of drug-likeness (QED) is 0.688. The minimum atomic E-state index is -0.420. The summed E-state index contributed by atoms with van der Waals surface area (Å²) in [6.45, 7) is 0. The van der Waals surface area contributed by atoms with Gasteiger partial charge in [0.05, 0.1) is 12.7 Å². The van der Waals surface area contributed by atoms with E-state index in [0.29, 0.717) is 11.1 Å². The van der Waals surface area contributed by atoms with Crippen molar-refractivity contribution in [2.24, 2.45) is 0 Å². The average molecular weight is 319 g/mol. The normalized spacial score (nSPS) is 10.4. The lowest BCUT2D eigenvalue weighted by molar-refractivity contribution is 0.0600. The Hall–Kier alpha value is -3.14. The molecule has 24 heavy (non-hydrogen) atoms. The number of benzene rings is 3. The lowest BCUT2D eigenvalue weighted by atomic mass is 10.1. The summed E-state index contributed by atoms with van der Waals surface area (Å²) in [5, 5.41) is 2.21. The Bertz CT molecular complexity index is 900. The second-order valence-corrected chi connectivity index (χ2v) is 5.46.